The van der Waals surface area contributed by atoms with E-state index in [1.54, 1.807) is 38.2 Å². The molecule has 1 unspecified atom stereocenters. The zero-order chi connectivity index (χ0) is 31.9. The first-order valence-corrected chi connectivity index (χ1v) is 15.3. The second-order valence-electron chi connectivity index (χ2n) is 13.0. The van der Waals surface area contributed by atoms with Gasteiger partial charge in [0.15, 0.2) is 6.10 Å². The zero-order valence-electron chi connectivity index (χ0n) is 26.0. The monoisotopic (exact) mass is 616 g/mol. The third-order valence-corrected chi connectivity index (χ3v) is 10.6. The summed E-state index contributed by atoms with van der Waals surface area (Å²) in [5.74, 6) is -2.55. The minimum atomic E-state index is -1.42. The maximum atomic E-state index is 13.3. The first-order valence-electron chi connectivity index (χ1n) is 15.3. The Bertz CT molecular complexity index is 1250. The second-order valence-corrected chi connectivity index (χ2v) is 13.0. The molecule has 0 amide bonds. The standard InChI is InChI=1S/C33H44O11/c1-19-12-13-40-23(21(3)34)8-6-7-9-28(36)44-24-15-26-33(18-42-33)31(24,4)32(17-41-30(38)29(19)37)16-22(10-11-27(35)39-5)20(2)14-25(32)43-26/h6-11,14,19,21-26,29,34,37H,12-13,15-18H2,1-5H3/b8-6+,9-7-,11-10+/t19-,21-,22+,23?,24-,25-,26-,29+,31-,32-,33+/m1/s1. The van der Waals surface area contributed by atoms with E-state index in [0.717, 1.165) is 5.57 Å². The lowest BCUT2D eigenvalue weighted by Crippen LogP contribution is -2.67. The summed E-state index contributed by atoms with van der Waals surface area (Å²) >= 11 is 0. The molecule has 11 atom stereocenters. The van der Waals surface area contributed by atoms with Gasteiger partial charge in [-0.15, -0.1) is 0 Å². The third-order valence-electron chi connectivity index (χ3n) is 10.6. The van der Waals surface area contributed by atoms with Crippen LogP contribution in [0.5, 0.6) is 0 Å². The zero-order valence-corrected chi connectivity index (χ0v) is 26.0. The molecule has 2 aliphatic carbocycles. The molecule has 11 nitrogen and oxygen atoms in total. The summed E-state index contributed by atoms with van der Waals surface area (Å²) in [7, 11) is 1.31. The first-order chi connectivity index (χ1) is 20.9. The van der Waals surface area contributed by atoms with Gasteiger partial charge in [-0.05, 0) is 38.5 Å². The maximum absolute atomic E-state index is 13.3. The summed E-state index contributed by atoms with van der Waals surface area (Å²) in [6.45, 7) is 7.75. The van der Waals surface area contributed by atoms with Crippen molar-refractivity contribution in [2.45, 2.75) is 89.2 Å². The minimum absolute atomic E-state index is 0.131. The Hall–Kier alpha value is -2.83. The fourth-order valence-electron chi connectivity index (χ4n) is 7.59. The van der Waals surface area contributed by atoms with Crippen LogP contribution in [0.1, 0.15) is 47.0 Å². The molecule has 2 bridgehead atoms. The molecule has 0 aromatic carbocycles. The predicted octanol–water partition coefficient (Wildman–Crippen LogP) is 2.35. The Balaban J connectivity index is 1.55. The smallest absolute Gasteiger partial charge is 0.335 e. The number of aliphatic hydroxyl groups excluding tert-OH is 2. The van der Waals surface area contributed by atoms with Crippen LogP contribution >= 0.6 is 0 Å². The lowest BCUT2D eigenvalue weighted by molar-refractivity contribution is -0.237. The molecule has 0 aromatic rings. The highest BCUT2D eigenvalue weighted by Crippen LogP contribution is 2.72. The summed E-state index contributed by atoms with van der Waals surface area (Å²) in [5.41, 5.74) is -1.56. The number of aliphatic hydroxyl groups is 2. The molecule has 3 heterocycles. The van der Waals surface area contributed by atoms with E-state index in [9.17, 15) is 24.6 Å². The van der Waals surface area contributed by atoms with Crippen molar-refractivity contribution in [3.8, 4) is 0 Å². The Labute approximate surface area is 257 Å². The number of allylic oxidation sites excluding steroid dienone is 4. The summed E-state index contributed by atoms with van der Waals surface area (Å²) in [6, 6.07) is 0. The topological polar surface area (TPSA) is 150 Å². The average molecular weight is 617 g/mol. The van der Waals surface area contributed by atoms with E-state index in [1.165, 1.54) is 19.3 Å². The van der Waals surface area contributed by atoms with Gasteiger partial charge in [-0.2, -0.15) is 0 Å². The number of carbonyl (C=O) groups excluding carboxylic acids is 3. The molecule has 44 heavy (non-hydrogen) atoms. The van der Waals surface area contributed by atoms with Crippen molar-refractivity contribution in [3.63, 3.8) is 0 Å². The van der Waals surface area contributed by atoms with E-state index in [1.807, 2.05) is 19.9 Å². The Morgan fingerprint density at radius 1 is 1.20 bits per heavy atom. The molecule has 5 rings (SSSR count). The number of ether oxygens (including phenoxy) is 6. The van der Waals surface area contributed by atoms with Gasteiger partial charge in [-0.1, -0.05) is 49.8 Å². The molecule has 3 aliphatic heterocycles. The van der Waals surface area contributed by atoms with Crippen LogP contribution in [0.25, 0.3) is 0 Å². The van der Waals surface area contributed by atoms with Crippen molar-refractivity contribution in [2.75, 3.05) is 26.9 Å². The molecule has 5 aliphatic rings. The maximum Gasteiger partial charge on any atom is 0.335 e. The van der Waals surface area contributed by atoms with E-state index in [2.05, 4.69) is 0 Å². The van der Waals surface area contributed by atoms with E-state index in [0.29, 0.717) is 25.9 Å². The highest BCUT2D eigenvalue weighted by atomic mass is 16.6. The van der Waals surface area contributed by atoms with Crippen LogP contribution in [-0.4, -0.2) is 97.3 Å². The molecular formula is C33H44O11. The average Bonchev–Trinajstić information content (AvgIpc) is 3.77. The molecule has 242 valence electrons. The highest BCUT2D eigenvalue weighted by molar-refractivity contribution is 5.82. The van der Waals surface area contributed by atoms with Crippen LogP contribution in [0, 0.1) is 22.7 Å². The van der Waals surface area contributed by atoms with Gasteiger partial charge in [-0.3, -0.25) is 0 Å². The number of rotatable bonds is 3. The lowest BCUT2D eigenvalue weighted by Gasteiger charge is -2.59. The van der Waals surface area contributed by atoms with Crippen LogP contribution in [0.3, 0.4) is 0 Å². The van der Waals surface area contributed by atoms with Crippen molar-refractivity contribution in [1.29, 1.82) is 0 Å². The van der Waals surface area contributed by atoms with Crippen LogP contribution in [0.4, 0.5) is 0 Å². The van der Waals surface area contributed by atoms with Gasteiger partial charge >= 0.3 is 17.9 Å². The molecule has 11 heteroatoms. The quantitative estimate of drug-likeness (QED) is 0.158. The van der Waals surface area contributed by atoms with Crippen LogP contribution in [-0.2, 0) is 42.8 Å². The molecule has 2 saturated heterocycles. The van der Waals surface area contributed by atoms with Gasteiger partial charge in [0.25, 0.3) is 0 Å². The van der Waals surface area contributed by atoms with Crippen LogP contribution in [0.2, 0.25) is 0 Å². The first kappa shape index (κ1) is 32.6. The van der Waals surface area contributed by atoms with E-state index < -0.39 is 70.8 Å². The molecule has 1 saturated carbocycles. The number of hydrogen-bond acceptors (Lipinski definition) is 11. The van der Waals surface area contributed by atoms with Crippen molar-refractivity contribution >= 4 is 17.9 Å². The molecular weight excluding hydrogens is 572 g/mol. The molecule has 3 fully saturated rings. The van der Waals surface area contributed by atoms with E-state index in [-0.39, 0.29) is 25.2 Å². The van der Waals surface area contributed by atoms with Gasteiger partial charge in [-0.25, -0.2) is 14.4 Å². The van der Waals surface area contributed by atoms with Gasteiger partial charge in [0.2, 0.25) is 0 Å². The number of methoxy groups -OCH3 is 1. The Morgan fingerprint density at radius 2 is 1.95 bits per heavy atom. The van der Waals surface area contributed by atoms with Crippen molar-refractivity contribution in [2.24, 2.45) is 22.7 Å². The minimum Gasteiger partial charge on any atom is -0.466 e. The summed E-state index contributed by atoms with van der Waals surface area (Å²) in [5, 5.41) is 21.1. The fourth-order valence-corrected chi connectivity index (χ4v) is 7.59. The van der Waals surface area contributed by atoms with Gasteiger partial charge in [0.1, 0.15) is 24.4 Å². The summed E-state index contributed by atoms with van der Waals surface area (Å²) in [4.78, 5) is 38.5. The van der Waals surface area contributed by atoms with Crippen molar-refractivity contribution in [1.82, 2.24) is 0 Å². The SMILES string of the molecule is COC(=O)/C=C/[C@H]1C[C@@]23COC(=O)[C@@H](O)[C@H](C)CCOC([C@@H](C)O)/C=C/C=C\C(=O)O[C@@H]4C[C@@H](O[C@@H]2C=C1C)[C@@]1(CO1)[C@]43C. The number of epoxide rings is 1. The molecule has 2 N–H and O–H groups in total. The second kappa shape index (κ2) is 12.5. The third kappa shape index (κ3) is 5.58. The Morgan fingerprint density at radius 3 is 2.64 bits per heavy atom. The number of cyclic esters (lactones) is 1. The summed E-state index contributed by atoms with van der Waals surface area (Å²) < 4.78 is 35.5. The highest BCUT2D eigenvalue weighted by Gasteiger charge is 2.83. The number of carbonyl (C=O) groups is 3. The normalized spacial score (nSPS) is 44.8. The lowest BCUT2D eigenvalue weighted by atomic mass is 9.50. The predicted molar refractivity (Wildman–Crippen MR) is 156 cm³/mol. The van der Waals surface area contributed by atoms with Crippen molar-refractivity contribution in [3.05, 3.63) is 48.1 Å². The molecule has 0 aromatic heterocycles. The van der Waals surface area contributed by atoms with Gasteiger partial charge < -0.3 is 38.6 Å². The van der Waals surface area contributed by atoms with Gasteiger partial charge in [0, 0.05) is 30.6 Å². The molecule has 2 spiro atoms. The molecule has 0 radical (unpaired) electrons. The van der Waals surface area contributed by atoms with E-state index in [4.69, 9.17) is 28.4 Å². The van der Waals surface area contributed by atoms with Crippen LogP contribution in [0.15, 0.2) is 48.1 Å². The van der Waals surface area contributed by atoms with Crippen LogP contribution < -0.4 is 0 Å². The largest absolute Gasteiger partial charge is 0.466 e. The van der Waals surface area contributed by atoms with Gasteiger partial charge in [0.05, 0.1) is 37.4 Å². The van der Waals surface area contributed by atoms with Crippen molar-refractivity contribution < 1.29 is 53.0 Å². The van der Waals surface area contributed by atoms with E-state index >= 15 is 0 Å². The number of hydrogen-bond donors (Lipinski definition) is 2. The Kier molecular flexibility index (Phi) is 9.26. The number of esters is 3. The fraction of sp³-hybridized carbons (Fsp3) is 0.667. The summed E-state index contributed by atoms with van der Waals surface area (Å²) in [6.07, 6.45) is 8.02.